The molecule has 3 aromatic rings. The fourth-order valence-electron chi connectivity index (χ4n) is 3.74. The third-order valence-electron chi connectivity index (χ3n) is 5.23. The van der Waals surface area contributed by atoms with Crippen molar-refractivity contribution in [1.29, 1.82) is 0 Å². The molecule has 0 atom stereocenters. The Kier molecular flexibility index (Phi) is 4.88. The van der Waals surface area contributed by atoms with Crippen LogP contribution < -0.4 is 14.8 Å². The quantitative estimate of drug-likeness (QED) is 0.645. The predicted octanol–water partition coefficient (Wildman–Crippen LogP) is 3.85. The van der Waals surface area contributed by atoms with E-state index in [0.717, 1.165) is 5.56 Å². The molecule has 0 bridgehead atoms. The zero-order chi connectivity index (χ0) is 21.2. The molecule has 5 rings (SSSR count). The van der Waals surface area contributed by atoms with Gasteiger partial charge in [-0.05, 0) is 23.3 Å². The van der Waals surface area contributed by atoms with Gasteiger partial charge in [-0.25, -0.2) is 0 Å². The molecule has 1 N–H and O–H groups in total. The number of hydrogen-bond acceptors (Lipinski definition) is 5. The van der Waals surface area contributed by atoms with Crippen LogP contribution in [0.4, 0.5) is 5.69 Å². The van der Waals surface area contributed by atoms with Crippen LogP contribution in [0.5, 0.6) is 11.5 Å². The lowest BCUT2D eigenvalue weighted by molar-refractivity contribution is -0.137. The van der Waals surface area contributed by atoms with E-state index in [1.807, 2.05) is 60.7 Å². The van der Waals surface area contributed by atoms with Crippen LogP contribution in [-0.4, -0.2) is 29.9 Å². The second kappa shape index (κ2) is 7.99. The smallest absolute Gasteiger partial charge is 0.278 e. The first kappa shape index (κ1) is 18.9. The number of rotatable bonds is 5. The second-order valence-corrected chi connectivity index (χ2v) is 7.28. The summed E-state index contributed by atoms with van der Waals surface area (Å²) in [6, 6.07) is 24.1. The average Bonchev–Trinajstić information content (AvgIpc) is 3.04. The first-order valence-corrected chi connectivity index (χ1v) is 10.1. The van der Waals surface area contributed by atoms with Crippen molar-refractivity contribution < 1.29 is 19.1 Å². The zero-order valence-electron chi connectivity index (χ0n) is 16.7. The van der Waals surface area contributed by atoms with Crippen molar-refractivity contribution >= 4 is 23.1 Å². The van der Waals surface area contributed by atoms with E-state index in [2.05, 4.69) is 5.32 Å². The minimum atomic E-state index is -0.359. The van der Waals surface area contributed by atoms with E-state index in [9.17, 15) is 9.59 Å². The van der Waals surface area contributed by atoms with E-state index in [1.165, 1.54) is 4.90 Å². The first-order chi connectivity index (χ1) is 15.2. The summed E-state index contributed by atoms with van der Waals surface area (Å²) in [5.74, 6) is 0.590. The number of carbonyl (C=O) groups excluding carboxylic acids is 2. The number of carbonyl (C=O) groups is 2. The minimum absolute atomic E-state index is 0.209. The number of amides is 2. The van der Waals surface area contributed by atoms with E-state index in [-0.39, 0.29) is 24.1 Å². The predicted molar refractivity (Wildman–Crippen MR) is 116 cm³/mol. The second-order valence-electron chi connectivity index (χ2n) is 7.28. The third kappa shape index (κ3) is 3.64. The Morgan fingerprint density at radius 2 is 1.45 bits per heavy atom. The fourth-order valence-corrected chi connectivity index (χ4v) is 3.74. The Balaban J connectivity index is 1.52. The van der Waals surface area contributed by atoms with Gasteiger partial charge in [-0.2, -0.15) is 0 Å². The van der Waals surface area contributed by atoms with Crippen molar-refractivity contribution in [2.75, 3.05) is 18.5 Å². The zero-order valence-corrected chi connectivity index (χ0v) is 16.7. The maximum Gasteiger partial charge on any atom is 0.278 e. The Labute approximate surface area is 179 Å². The molecular weight excluding hydrogens is 392 g/mol. The minimum Gasteiger partial charge on any atom is -0.486 e. The summed E-state index contributed by atoms with van der Waals surface area (Å²) in [6.07, 6.45) is 0. The molecular formula is C25H20N2O4. The number of anilines is 1. The summed E-state index contributed by atoms with van der Waals surface area (Å²) in [5.41, 5.74) is 2.84. The molecule has 0 spiro atoms. The third-order valence-corrected chi connectivity index (χ3v) is 5.23. The van der Waals surface area contributed by atoms with Gasteiger partial charge in [0.05, 0.1) is 12.1 Å². The van der Waals surface area contributed by atoms with Gasteiger partial charge in [0, 0.05) is 11.8 Å². The molecule has 6 nitrogen and oxygen atoms in total. The Morgan fingerprint density at radius 3 is 2.19 bits per heavy atom. The highest BCUT2D eigenvalue weighted by molar-refractivity contribution is 6.36. The lowest BCUT2D eigenvalue weighted by atomic mass is 10.0. The standard InChI is InChI=1S/C25H20N2O4/c28-24-22(18-9-5-2-6-10-18)23(25(29)27(24)16-17-7-3-1-4-8-17)26-19-11-12-20-21(15-19)31-14-13-30-20/h1-12,15,26H,13-14,16H2. The van der Waals surface area contributed by atoms with Gasteiger partial charge in [-0.3, -0.25) is 14.5 Å². The van der Waals surface area contributed by atoms with Crippen LogP contribution >= 0.6 is 0 Å². The van der Waals surface area contributed by atoms with Crippen molar-refractivity contribution in [3.05, 3.63) is 95.7 Å². The van der Waals surface area contributed by atoms with Gasteiger partial charge >= 0.3 is 0 Å². The van der Waals surface area contributed by atoms with Crippen LogP contribution in [-0.2, 0) is 16.1 Å². The summed E-state index contributed by atoms with van der Waals surface area (Å²) in [5, 5.41) is 3.17. The number of imide groups is 1. The molecule has 2 aliphatic rings. The molecule has 6 heteroatoms. The molecule has 0 unspecified atom stereocenters. The maximum atomic E-state index is 13.3. The lowest BCUT2D eigenvalue weighted by Crippen LogP contribution is -2.32. The molecule has 0 saturated heterocycles. The summed E-state index contributed by atoms with van der Waals surface area (Å²) in [4.78, 5) is 27.9. The van der Waals surface area contributed by atoms with Crippen LogP contribution in [0.15, 0.2) is 84.6 Å². The van der Waals surface area contributed by atoms with Gasteiger partial charge in [-0.15, -0.1) is 0 Å². The number of hydrogen-bond donors (Lipinski definition) is 1. The van der Waals surface area contributed by atoms with Crippen LogP contribution in [0.2, 0.25) is 0 Å². The molecule has 0 radical (unpaired) electrons. The Hall–Kier alpha value is -4.06. The molecule has 154 valence electrons. The van der Waals surface area contributed by atoms with E-state index < -0.39 is 0 Å². The van der Waals surface area contributed by atoms with Gasteiger partial charge in [0.2, 0.25) is 0 Å². The lowest BCUT2D eigenvalue weighted by Gasteiger charge is -2.19. The fraction of sp³-hybridized carbons (Fsp3) is 0.120. The molecule has 0 aliphatic carbocycles. The number of fused-ring (bicyclic) bond motifs is 1. The SMILES string of the molecule is O=C1C(Nc2ccc3c(c2)OCCO3)=C(c2ccccc2)C(=O)N1Cc1ccccc1. The van der Waals surface area contributed by atoms with E-state index in [1.54, 1.807) is 18.2 Å². The van der Waals surface area contributed by atoms with E-state index >= 15 is 0 Å². The number of benzene rings is 3. The number of nitrogens with one attached hydrogen (secondary N) is 1. The molecule has 0 saturated carbocycles. The first-order valence-electron chi connectivity index (χ1n) is 10.1. The van der Waals surface area contributed by atoms with Crippen molar-refractivity contribution in [2.24, 2.45) is 0 Å². The molecule has 2 heterocycles. The summed E-state index contributed by atoms with van der Waals surface area (Å²) >= 11 is 0. The van der Waals surface area contributed by atoms with Gasteiger partial charge in [0.25, 0.3) is 11.8 Å². The topological polar surface area (TPSA) is 67.9 Å². The van der Waals surface area contributed by atoms with Crippen molar-refractivity contribution in [3.63, 3.8) is 0 Å². The van der Waals surface area contributed by atoms with Gasteiger partial charge in [0.15, 0.2) is 11.5 Å². The monoisotopic (exact) mass is 412 g/mol. The van der Waals surface area contributed by atoms with Crippen LogP contribution in [0.1, 0.15) is 11.1 Å². The summed E-state index contributed by atoms with van der Waals surface area (Å²) < 4.78 is 11.2. The molecule has 2 amide bonds. The van der Waals surface area contributed by atoms with Crippen molar-refractivity contribution in [2.45, 2.75) is 6.54 Å². The van der Waals surface area contributed by atoms with Gasteiger partial charge in [-0.1, -0.05) is 60.7 Å². The highest BCUT2D eigenvalue weighted by Crippen LogP contribution is 2.35. The summed E-state index contributed by atoms with van der Waals surface area (Å²) in [7, 11) is 0. The largest absolute Gasteiger partial charge is 0.486 e. The highest BCUT2D eigenvalue weighted by atomic mass is 16.6. The van der Waals surface area contributed by atoms with Crippen molar-refractivity contribution in [1.82, 2.24) is 4.90 Å². The van der Waals surface area contributed by atoms with E-state index in [4.69, 9.17) is 9.47 Å². The summed E-state index contributed by atoms with van der Waals surface area (Å²) in [6.45, 7) is 1.18. The van der Waals surface area contributed by atoms with Gasteiger partial charge < -0.3 is 14.8 Å². The van der Waals surface area contributed by atoms with Crippen LogP contribution in [0, 0.1) is 0 Å². The molecule has 31 heavy (non-hydrogen) atoms. The van der Waals surface area contributed by atoms with Crippen LogP contribution in [0.3, 0.4) is 0 Å². The molecule has 3 aromatic carbocycles. The Morgan fingerprint density at radius 1 is 0.774 bits per heavy atom. The molecule has 0 fully saturated rings. The van der Waals surface area contributed by atoms with E-state index in [0.29, 0.717) is 41.5 Å². The number of ether oxygens (including phenoxy) is 2. The number of nitrogens with zero attached hydrogens (tertiary/aromatic N) is 1. The van der Waals surface area contributed by atoms with Crippen LogP contribution in [0.25, 0.3) is 5.57 Å². The van der Waals surface area contributed by atoms with Crippen molar-refractivity contribution in [3.8, 4) is 11.5 Å². The van der Waals surface area contributed by atoms with Gasteiger partial charge in [0.1, 0.15) is 18.9 Å². The highest BCUT2D eigenvalue weighted by Gasteiger charge is 2.39. The Bertz CT molecular complexity index is 1170. The molecule has 2 aliphatic heterocycles. The maximum absolute atomic E-state index is 13.3. The normalized spacial score (nSPS) is 15.4. The molecule has 0 aromatic heterocycles. The average molecular weight is 412 g/mol.